The highest BCUT2D eigenvalue weighted by Gasteiger charge is 2.11. The van der Waals surface area contributed by atoms with Gasteiger partial charge >= 0.3 is 0 Å². The largest absolute Gasteiger partial charge is 0.395 e. The summed E-state index contributed by atoms with van der Waals surface area (Å²) in [6, 6.07) is 5.58. The molecule has 0 saturated carbocycles. The molecule has 0 bridgehead atoms. The lowest BCUT2D eigenvalue weighted by molar-refractivity contribution is 0.0944. The summed E-state index contributed by atoms with van der Waals surface area (Å²) in [5.41, 5.74) is 3.44. The molecule has 1 aromatic carbocycles. The number of carbonyl (C=O) groups is 1. The molecule has 0 aliphatic heterocycles. The fourth-order valence-electron chi connectivity index (χ4n) is 2.12. The van der Waals surface area contributed by atoms with Crippen LogP contribution in [0.2, 0.25) is 0 Å². The number of hydrogen-bond donors (Lipinski definition) is 3. The van der Waals surface area contributed by atoms with Crippen molar-refractivity contribution in [1.82, 2.24) is 10.3 Å². The SMILES string of the molecule is CCc1nc(CNc2cccc(C(=O)NCCO)c2C)cs1. The van der Waals surface area contributed by atoms with Crippen LogP contribution in [0.15, 0.2) is 23.6 Å². The van der Waals surface area contributed by atoms with Crippen molar-refractivity contribution in [1.29, 1.82) is 0 Å². The quantitative estimate of drug-likeness (QED) is 0.732. The molecule has 2 aromatic rings. The minimum Gasteiger partial charge on any atom is -0.395 e. The van der Waals surface area contributed by atoms with Crippen molar-refractivity contribution in [2.45, 2.75) is 26.8 Å². The van der Waals surface area contributed by atoms with Gasteiger partial charge in [0.1, 0.15) is 0 Å². The van der Waals surface area contributed by atoms with Crippen LogP contribution in [0, 0.1) is 6.92 Å². The van der Waals surface area contributed by atoms with Crippen LogP contribution < -0.4 is 10.6 Å². The summed E-state index contributed by atoms with van der Waals surface area (Å²) < 4.78 is 0. The second-order valence-corrected chi connectivity index (χ2v) is 5.84. The van der Waals surface area contributed by atoms with Gasteiger partial charge in [0.15, 0.2) is 0 Å². The van der Waals surface area contributed by atoms with E-state index in [1.54, 1.807) is 17.4 Å². The molecule has 1 aromatic heterocycles. The Morgan fingerprint density at radius 1 is 1.41 bits per heavy atom. The number of aromatic nitrogens is 1. The van der Waals surface area contributed by atoms with E-state index < -0.39 is 0 Å². The summed E-state index contributed by atoms with van der Waals surface area (Å²) in [6.07, 6.45) is 0.949. The molecule has 1 heterocycles. The molecule has 0 unspecified atom stereocenters. The number of thiazole rings is 1. The van der Waals surface area contributed by atoms with Crippen LogP contribution >= 0.6 is 11.3 Å². The minimum atomic E-state index is -0.169. The number of carbonyl (C=O) groups excluding carboxylic acids is 1. The topological polar surface area (TPSA) is 74.2 Å². The van der Waals surface area contributed by atoms with Crippen molar-refractivity contribution in [3.05, 3.63) is 45.4 Å². The van der Waals surface area contributed by atoms with Gasteiger partial charge in [-0.2, -0.15) is 0 Å². The molecular formula is C16H21N3O2S. The van der Waals surface area contributed by atoms with Crippen molar-refractivity contribution < 1.29 is 9.90 Å². The summed E-state index contributed by atoms with van der Waals surface area (Å²) in [7, 11) is 0. The highest BCUT2D eigenvalue weighted by Crippen LogP contribution is 2.20. The smallest absolute Gasteiger partial charge is 0.251 e. The maximum absolute atomic E-state index is 12.0. The Labute approximate surface area is 134 Å². The molecule has 0 atom stereocenters. The molecule has 0 spiro atoms. The number of aryl methyl sites for hydroxylation is 1. The van der Waals surface area contributed by atoms with E-state index in [1.807, 2.05) is 19.1 Å². The standard InChI is InChI=1S/C16H21N3O2S/c1-3-15-19-12(10-22-15)9-18-14-6-4-5-13(11(14)2)16(21)17-7-8-20/h4-6,10,18,20H,3,7-9H2,1-2H3,(H,17,21). The van der Waals surface area contributed by atoms with Crippen molar-refractivity contribution >= 4 is 22.9 Å². The van der Waals surface area contributed by atoms with Gasteiger partial charge in [-0.05, 0) is 31.0 Å². The van der Waals surface area contributed by atoms with E-state index in [9.17, 15) is 4.79 Å². The van der Waals surface area contributed by atoms with E-state index in [-0.39, 0.29) is 19.1 Å². The van der Waals surface area contributed by atoms with E-state index in [0.717, 1.165) is 28.4 Å². The van der Waals surface area contributed by atoms with Crippen molar-refractivity contribution in [2.24, 2.45) is 0 Å². The molecule has 2 rings (SSSR count). The van der Waals surface area contributed by atoms with Gasteiger partial charge in [-0.15, -0.1) is 11.3 Å². The third kappa shape index (κ3) is 4.05. The molecular weight excluding hydrogens is 298 g/mol. The van der Waals surface area contributed by atoms with Crippen LogP contribution in [0.25, 0.3) is 0 Å². The molecule has 118 valence electrons. The van der Waals surface area contributed by atoms with Crippen molar-refractivity contribution in [2.75, 3.05) is 18.5 Å². The average Bonchev–Trinajstić information content (AvgIpc) is 2.99. The predicted molar refractivity (Wildman–Crippen MR) is 89.4 cm³/mol. The van der Waals surface area contributed by atoms with E-state index in [0.29, 0.717) is 12.1 Å². The number of amides is 1. The average molecular weight is 319 g/mol. The molecule has 0 saturated heterocycles. The first-order valence-electron chi connectivity index (χ1n) is 7.31. The van der Waals surface area contributed by atoms with E-state index in [2.05, 4.69) is 27.9 Å². The number of hydrogen-bond acceptors (Lipinski definition) is 5. The van der Waals surface area contributed by atoms with Gasteiger partial charge in [-0.3, -0.25) is 4.79 Å². The number of benzene rings is 1. The van der Waals surface area contributed by atoms with E-state index >= 15 is 0 Å². The van der Waals surface area contributed by atoms with Crippen LogP contribution in [0.3, 0.4) is 0 Å². The summed E-state index contributed by atoms with van der Waals surface area (Å²) in [6.45, 7) is 4.84. The Balaban J connectivity index is 2.06. The molecule has 3 N–H and O–H groups in total. The predicted octanol–water partition coefficient (Wildman–Crippen LogP) is 2.35. The third-order valence-electron chi connectivity index (χ3n) is 3.34. The summed E-state index contributed by atoms with van der Waals surface area (Å²) in [5, 5.41) is 18.0. The molecule has 22 heavy (non-hydrogen) atoms. The first-order valence-corrected chi connectivity index (χ1v) is 8.19. The molecule has 5 nitrogen and oxygen atoms in total. The summed E-state index contributed by atoms with van der Waals surface area (Å²) >= 11 is 1.67. The Morgan fingerprint density at radius 3 is 2.91 bits per heavy atom. The monoisotopic (exact) mass is 319 g/mol. The second-order valence-electron chi connectivity index (χ2n) is 4.90. The second kappa shape index (κ2) is 7.91. The first-order chi connectivity index (χ1) is 10.7. The number of aliphatic hydroxyl groups is 1. The summed E-state index contributed by atoms with van der Waals surface area (Å²) in [5.74, 6) is -0.169. The van der Waals surface area contributed by atoms with Crippen LogP contribution in [0.1, 0.15) is 33.5 Å². The van der Waals surface area contributed by atoms with Crippen LogP contribution in [0.5, 0.6) is 0 Å². The molecule has 0 fully saturated rings. The van der Waals surface area contributed by atoms with Crippen molar-refractivity contribution in [3.63, 3.8) is 0 Å². The Kier molecular flexibility index (Phi) is 5.91. The minimum absolute atomic E-state index is 0.0632. The molecule has 0 aliphatic carbocycles. The van der Waals surface area contributed by atoms with Gasteiger partial charge in [0.2, 0.25) is 0 Å². The number of nitrogens with one attached hydrogen (secondary N) is 2. The zero-order chi connectivity index (χ0) is 15.9. The van der Waals surface area contributed by atoms with Gasteiger partial charge in [0.05, 0.1) is 23.9 Å². The number of nitrogens with zero attached hydrogens (tertiary/aromatic N) is 1. The number of aliphatic hydroxyl groups excluding tert-OH is 1. The fraction of sp³-hybridized carbons (Fsp3) is 0.375. The Bertz CT molecular complexity index is 640. The lowest BCUT2D eigenvalue weighted by Gasteiger charge is -2.12. The van der Waals surface area contributed by atoms with E-state index in [1.165, 1.54) is 0 Å². The normalized spacial score (nSPS) is 10.5. The zero-order valence-electron chi connectivity index (χ0n) is 12.8. The van der Waals surface area contributed by atoms with Crippen LogP contribution in [-0.2, 0) is 13.0 Å². The Hall–Kier alpha value is -1.92. The van der Waals surface area contributed by atoms with Gasteiger partial charge < -0.3 is 15.7 Å². The third-order valence-corrected chi connectivity index (χ3v) is 4.38. The fourth-order valence-corrected chi connectivity index (χ4v) is 2.86. The zero-order valence-corrected chi connectivity index (χ0v) is 13.7. The summed E-state index contributed by atoms with van der Waals surface area (Å²) in [4.78, 5) is 16.6. The van der Waals surface area contributed by atoms with E-state index in [4.69, 9.17) is 5.11 Å². The molecule has 0 radical (unpaired) electrons. The van der Waals surface area contributed by atoms with Gasteiger partial charge in [-0.25, -0.2) is 4.98 Å². The first kappa shape index (κ1) is 16.5. The van der Waals surface area contributed by atoms with Crippen LogP contribution in [0.4, 0.5) is 5.69 Å². The molecule has 1 amide bonds. The maximum atomic E-state index is 12.0. The highest BCUT2D eigenvalue weighted by molar-refractivity contribution is 7.09. The number of rotatable bonds is 7. The van der Waals surface area contributed by atoms with Gasteiger partial charge in [0.25, 0.3) is 5.91 Å². The lowest BCUT2D eigenvalue weighted by atomic mass is 10.1. The lowest BCUT2D eigenvalue weighted by Crippen LogP contribution is -2.27. The van der Waals surface area contributed by atoms with Crippen molar-refractivity contribution in [3.8, 4) is 0 Å². The maximum Gasteiger partial charge on any atom is 0.251 e. The molecule has 0 aliphatic rings. The highest BCUT2D eigenvalue weighted by atomic mass is 32.1. The molecule has 6 heteroatoms. The van der Waals surface area contributed by atoms with Gasteiger partial charge in [0, 0.05) is 23.2 Å². The van der Waals surface area contributed by atoms with Crippen LogP contribution in [-0.4, -0.2) is 29.1 Å². The van der Waals surface area contributed by atoms with Gasteiger partial charge in [-0.1, -0.05) is 13.0 Å². The Morgan fingerprint density at radius 2 is 2.23 bits per heavy atom. The number of anilines is 1.